The van der Waals surface area contributed by atoms with Crippen LogP contribution in [-0.4, -0.2) is 60.9 Å². The highest BCUT2D eigenvalue weighted by molar-refractivity contribution is 6.42. The van der Waals surface area contributed by atoms with E-state index in [1.807, 2.05) is 29.2 Å². The van der Waals surface area contributed by atoms with Gasteiger partial charge < -0.3 is 9.47 Å². The summed E-state index contributed by atoms with van der Waals surface area (Å²) in [7, 11) is 4.41. The standard InChI is InChI=1S/C26H26Cl2N2O5/c1-29-23(31)20-21(24(29)32)26(25(33)35-3)10-4-5-11-30(26)22(20)15-6-8-16(19(13-15)34-2)14-7-9-17(27)18(28)12-14/h6-9,12-13,20-22H,4-5,10-11H2,1-3H3/t20-,21-,22+,26-/m0/s1. The van der Waals surface area contributed by atoms with Gasteiger partial charge in [0.15, 0.2) is 0 Å². The minimum Gasteiger partial charge on any atom is -0.496 e. The zero-order valence-corrected chi connectivity index (χ0v) is 21.2. The van der Waals surface area contributed by atoms with E-state index in [1.54, 1.807) is 19.2 Å². The van der Waals surface area contributed by atoms with Gasteiger partial charge in [0, 0.05) is 18.7 Å². The van der Waals surface area contributed by atoms with Crippen molar-refractivity contribution >= 4 is 41.0 Å². The van der Waals surface area contributed by atoms with Gasteiger partial charge in [-0.1, -0.05) is 41.4 Å². The Labute approximate surface area is 213 Å². The van der Waals surface area contributed by atoms with E-state index in [0.717, 1.165) is 29.5 Å². The highest BCUT2D eigenvalue weighted by Gasteiger charge is 2.72. The van der Waals surface area contributed by atoms with E-state index < -0.39 is 29.4 Å². The van der Waals surface area contributed by atoms with E-state index in [2.05, 4.69) is 0 Å². The molecule has 3 heterocycles. The van der Waals surface area contributed by atoms with Crippen molar-refractivity contribution in [2.75, 3.05) is 27.8 Å². The Morgan fingerprint density at radius 3 is 2.49 bits per heavy atom. The van der Waals surface area contributed by atoms with Gasteiger partial charge >= 0.3 is 5.97 Å². The topological polar surface area (TPSA) is 76.2 Å². The Hall–Kier alpha value is -2.61. The molecule has 3 aliphatic rings. The minimum atomic E-state index is -1.16. The average Bonchev–Trinajstić information content (AvgIpc) is 3.31. The van der Waals surface area contributed by atoms with Crippen LogP contribution in [0.3, 0.4) is 0 Å². The van der Waals surface area contributed by atoms with E-state index in [4.69, 9.17) is 32.7 Å². The van der Waals surface area contributed by atoms with E-state index >= 15 is 0 Å². The smallest absolute Gasteiger partial charge is 0.327 e. The summed E-state index contributed by atoms with van der Waals surface area (Å²) in [6.07, 6.45) is 2.13. The zero-order chi connectivity index (χ0) is 25.1. The monoisotopic (exact) mass is 516 g/mol. The van der Waals surface area contributed by atoms with Crippen molar-refractivity contribution in [1.29, 1.82) is 0 Å². The number of fused-ring (bicyclic) bond motifs is 3. The van der Waals surface area contributed by atoms with Crippen LogP contribution in [0.1, 0.15) is 30.9 Å². The molecule has 7 nitrogen and oxygen atoms in total. The molecule has 184 valence electrons. The molecule has 0 bridgehead atoms. The van der Waals surface area contributed by atoms with Crippen molar-refractivity contribution in [3.8, 4) is 16.9 Å². The number of carbonyl (C=O) groups excluding carboxylic acids is 3. The van der Waals surface area contributed by atoms with Crippen LogP contribution < -0.4 is 4.74 Å². The lowest BCUT2D eigenvalue weighted by atomic mass is 9.75. The summed E-state index contributed by atoms with van der Waals surface area (Å²) in [5.74, 6) is -1.90. The fourth-order valence-electron chi connectivity index (χ4n) is 6.29. The van der Waals surface area contributed by atoms with Crippen LogP contribution in [0.2, 0.25) is 10.0 Å². The first-order valence-corrected chi connectivity index (χ1v) is 12.3. The molecule has 3 aliphatic heterocycles. The van der Waals surface area contributed by atoms with E-state index in [1.165, 1.54) is 19.1 Å². The highest BCUT2D eigenvalue weighted by Crippen LogP contribution is 2.58. The fourth-order valence-corrected chi connectivity index (χ4v) is 6.59. The van der Waals surface area contributed by atoms with Crippen molar-refractivity contribution < 1.29 is 23.9 Å². The molecule has 0 radical (unpaired) electrons. The van der Waals surface area contributed by atoms with Gasteiger partial charge in [0.2, 0.25) is 11.8 Å². The number of benzene rings is 2. The first-order valence-electron chi connectivity index (χ1n) is 11.6. The molecule has 0 aromatic heterocycles. The number of carbonyl (C=O) groups is 3. The SMILES string of the molecule is COC(=O)[C@@]12CCCCN1[C@H](c1ccc(-c3ccc(Cl)c(Cl)c3)c(OC)c1)[C@H]1C(=O)N(C)C(=O)[C@H]12. The molecule has 2 aromatic rings. The maximum Gasteiger partial charge on any atom is 0.327 e. The number of hydrogen-bond acceptors (Lipinski definition) is 6. The van der Waals surface area contributed by atoms with Gasteiger partial charge in [-0.2, -0.15) is 0 Å². The average molecular weight is 517 g/mol. The number of nitrogens with zero attached hydrogens (tertiary/aromatic N) is 2. The van der Waals surface area contributed by atoms with Crippen LogP contribution in [0, 0.1) is 11.8 Å². The number of halogens is 2. The van der Waals surface area contributed by atoms with Gasteiger partial charge in [0.25, 0.3) is 0 Å². The minimum absolute atomic E-state index is 0.268. The van der Waals surface area contributed by atoms with Gasteiger partial charge in [-0.25, -0.2) is 0 Å². The van der Waals surface area contributed by atoms with Gasteiger partial charge in [-0.15, -0.1) is 0 Å². The van der Waals surface area contributed by atoms with Crippen molar-refractivity contribution in [3.05, 3.63) is 52.0 Å². The molecule has 2 aromatic carbocycles. The molecule has 5 rings (SSSR count). The van der Waals surface area contributed by atoms with Crippen LogP contribution in [0.5, 0.6) is 5.75 Å². The summed E-state index contributed by atoms with van der Waals surface area (Å²) in [5, 5.41) is 0.893. The molecule has 0 saturated carbocycles. The Morgan fingerprint density at radius 1 is 1.03 bits per heavy atom. The van der Waals surface area contributed by atoms with Crippen molar-refractivity contribution in [3.63, 3.8) is 0 Å². The van der Waals surface area contributed by atoms with Crippen LogP contribution in [0.15, 0.2) is 36.4 Å². The number of hydrogen-bond donors (Lipinski definition) is 0. The third-order valence-electron chi connectivity index (χ3n) is 7.82. The van der Waals surface area contributed by atoms with Crippen LogP contribution in [-0.2, 0) is 19.1 Å². The molecule has 0 spiro atoms. The second-order valence-electron chi connectivity index (χ2n) is 9.34. The Kier molecular flexibility index (Phi) is 6.06. The quantitative estimate of drug-likeness (QED) is 0.444. The largest absolute Gasteiger partial charge is 0.496 e. The number of likely N-dealkylation sites (tertiary alicyclic amines) is 1. The van der Waals surface area contributed by atoms with Gasteiger partial charge in [0.05, 0.1) is 36.1 Å². The molecule has 9 heteroatoms. The number of methoxy groups -OCH3 is 2. The molecule has 3 saturated heterocycles. The maximum absolute atomic E-state index is 13.4. The van der Waals surface area contributed by atoms with Crippen molar-refractivity contribution in [1.82, 2.24) is 9.80 Å². The zero-order valence-electron chi connectivity index (χ0n) is 19.7. The predicted molar refractivity (Wildman–Crippen MR) is 131 cm³/mol. The second-order valence-corrected chi connectivity index (χ2v) is 10.2. The summed E-state index contributed by atoms with van der Waals surface area (Å²) >= 11 is 12.3. The number of imide groups is 1. The Balaban J connectivity index is 1.65. The number of ether oxygens (including phenoxy) is 2. The van der Waals surface area contributed by atoms with Gasteiger partial charge in [-0.3, -0.25) is 24.2 Å². The highest BCUT2D eigenvalue weighted by atomic mass is 35.5. The summed E-state index contributed by atoms with van der Waals surface area (Å²) in [5.41, 5.74) is 1.30. The maximum atomic E-state index is 13.4. The number of esters is 1. The van der Waals surface area contributed by atoms with E-state index in [9.17, 15) is 14.4 Å². The van der Waals surface area contributed by atoms with E-state index in [0.29, 0.717) is 28.8 Å². The molecule has 2 amide bonds. The first kappa shape index (κ1) is 24.1. The fraction of sp³-hybridized carbons (Fsp3) is 0.423. The molecule has 0 unspecified atom stereocenters. The van der Waals surface area contributed by atoms with Gasteiger partial charge in [0.1, 0.15) is 11.3 Å². The summed E-state index contributed by atoms with van der Waals surface area (Å²) < 4.78 is 11.0. The van der Waals surface area contributed by atoms with Crippen molar-refractivity contribution in [2.24, 2.45) is 11.8 Å². The van der Waals surface area contributed by atoms with Crippen LogP contribution in [0.4, 0.5) is 0 Å². The predicted octanol–water partition coefficient (Wildman–Crippen LogP) is 4.35. The molecule has 4 atom stereocenters. The Bertz CT molecular complexity index is 1230. The summed E-state index contributed by atoms with van der Waals surface area (Å²) in [6, 6.07) is 10.6. The second kappa shape index (κ2) is 8.80. The van der Waals surface area contributed by atoms with Gasteiger partial charge in [-0.05, 0) is 55.1 Å². The number of piperidine rings is 1. The lowest BCUT2D eigenvalue weighted by molar-refractivity contribution is -0.163. The lowest BCUT2D eigenvalue weighted by Gasteiger charge is -2.44. The number of amides is 2. The molecule has 3 fully saturated rings. The Morgan fingerprint density at radius 2 is 1.80 bits per heavy atom. The molecule has 0 aliphatic carbocycles. The molecule has 35 heavy (non-hydrogen) atoms. The third kappa shape index (κ3) is 3.39. The number of rotatable bonds is 4. The molecular formula is C26H26Cl2N2O5. The third-order valence-corrected chi connectivity index (χ3v) is 8.56. The summed E-state index contributed by atoms with van der Waals surface area (Å²) in [6.45, 7) is 0.591. The van der Waals surface area contributed by atoms with Crippen molar-refractivity contribution in [2.45, 2.75) is 30.8 Å². The lowest BCUT2D eigenvalue weighted by Crippen LogP contribution is -2.59. The van der Waals surface area contributed by atoms with Crippen LogP contribution in [0.25, 0.3) is 11.1 Å². The van der Waals surface area contributed by atoms with E-state index in [-0.39, 0.29) is 11.8 Å². The normalized spacial score (nSPS) is 28.1. The first-order chi connectivity index (χ1) is 16.8. The van der Waals surface area contributed by atoms with Crippen LogP contribution >= 0.6 is 23.2 Å². The summed E-state index contributed by atoms with van der Waals surface area (Å²) in [4.78, 5) is 43.1. The molecular weight excluding hydrogens is 491 g/mol. The molecule has 0 N–H and O–H groups in total.